The van der Waals surface area contributed by atoms with Crippen LogP contribution in [-0.4, -0.2) is 43.8 Å². The lowest BCUT2D eigenvalue weighted by Gasteiger charge is -2.23. The molecule has 2 heterocycles. The summed E-state index contributed by atoms with van der Waals surface area (Å²) < 4.78 is 19.2. The van der Waals surface area contributed by atoms with Gasteiger partial charge in [0.15, 0.2) is 0 Å². The van der Waals surface area contributed by atoms with E-state index in [4.69, 9.17) is 10.5 Å². The molecule has 11 heteroatoms. The maximum absolute atomic E-state index is 14.5. The van der Waals surface area contributed by atoms with E-state index in [1.54, 1.807) is 19.1 Å². The van der Waals surface area contributed by atoms with Crippen LogP contribution >= 0.6 is 11.3 Å². The molecular formula is C20H24FN5O4S. The number of halogens is 1. The van der Waals surface area contributed by atoms with Gasteiger partial charge in [-0.15, -0.1) is 11.3 Å². The Morgan fingerprint density at radius 3 is 2.74 bits per heavy atom. The van der Waals surface area contributed by atoms with E-state index in [0.29, 0.717) is 17.0 Å². The summed E-state index contributed by atoms with van der Waals surface area (Å²) in [5, 5.41) is 11.2. The highest BCUT2D eigenvalue weighted by atomic mass is 32.1. The topological polar surface area (TPSA) is 135 Å². The standard InChI is InChI=1S/C20H24FN5O4S/c1-2-30-20(29)25-15-6-5-11(8-14(15)21)16-9-13(18(31-16)26-19(22)28)17(27)24-12-4-3-7-23-10-12/h5-6,8-9,12,23H,2-4,7,10H2,1H3,(H,24,27)(H,25,29)(H3,22,26,28). The van der Waals surface area contributed by atoms with Crippen LogP contribution in [0.4, 0.5) is 24.7 Å². The first-order chi connectivity index (χ1) is 14.9. The molecule has 2 aromatic rings. The lowest BCUT2D eigenvalue weighted by atomic mass is 10.1. The van der Waals surface area contributed by atoms with Crippen molar-refractivity contribution in [3.8, 4) is 10.4 Å². The van der Waals surface area contributed by atoms with Crippen LogP contribution in [0.15, 0.2) is 24.3 Å². The molecule has 3 rings (SSSR count). The van der Waals surface area contributed by atoms with Crippen LogP contribution in [-0.2, 0) is 4.74 Å². The molecule has 1 aromatic carbocycles. The van der Waals surface area contributed by atoms with Gasteiger partial charge in [0.25, 0.3) is 5.91 Å². The average molecular weight is 450 g/mol. The third-order valence-corrected chi connectivity index (χ3v) is 5.71. The molecule has 0 saturated carbocycles. The maximum atomic E-state index is 14.5. The number of benzene rings is 1. The molecule has 1 aliphatic rings. The van der Waals surface area contributed by atoms with Crippen molar-refractivity contribution in [2.75, 3.05) is 30.3 Å². The van der Waals surface area contributed by atoms with Crippen LogP contribution in [0.2, 0.25) is 0 Å². The molecule has 6 N–H and O–H groups in total. The van der Waals surface area contributed by atoms with Crippen molar-refractivity contribution >= 4 is 40.1 Å². The number of hydrogen-bond donors (Lipinski definition) is 5. The minimum absolute atomic E-state index is 0.0169. The molecule has 9 nitrogen and oxygen atoms in total. The molecule has 0 aliphatic carbocycles. The summed E-state index contributed by atoms with van der Waals surface area (Å²) in [6.07, 6.45) is 1.06. The monoisotopic (exact) mass is 449 g/mol. The maximum Gasteiger partial charge on any atom is 0.411 e. The second kappa shape index (κ2) is 10.2. The summed E-state index contributed by atoms with van der Waals surface area (Å²) in [5.74, 6) is -1.01. The number of nitrogens with one attached hydrogen (secondary N) is 4. The molecule has 1 unspecified atom stereocenters. The normalized spacial score (nSPS) is 15.7. The van der Waals surface area contributed by atoms with E-state index in [-0.39, 0.29) is 34.8 Å². The van der Waals surface area contributed by atoms with Gasteiger partial charge >= 0.3 is 12.1 Å². The summed E-state index contributed by atoms with van der Waals surface area (Å²) in [6, 6.07) is 4.98. The van der Waals surface area contributed by atoms with Crippen molar-refractivity contribution in [3.63, 3.8) is 0 Å². The third-order valence-electron chi connectivity index (χ3n) is 4.61. The largest absolute Gasteiger partial charge is 0.450 e. The van der Waals surface area contributed by atoms with Crippen LogP contribution < -0.4 is 27.0 Å². The lowest BCUT2D eigenvalue weighted by molar-refractivity contribution is 0.0932. The molecule has 1 atom stereocenters. The van der Waals surface area contributed by atoms with E-state index in [1.807, 2.05) is 0 Å². The second-order valence-electron chi connectivity index (χ2n) is 6.90. The van der Waals surface area contributed by atoms with Gasteiger partial charge in [-0.05, 0) is 50.1 Å². The molecular weight excluding hydrogens is 425 g/mol. The van der Waals surface area contributed by atoms with Gasteiger partial charge in [-0.1, -0.05) is 6.07 Å². The molecule has 0 radical (unpaired) electrons. The van der Waals surface area contributed by atoms with Gasteiger partial charge in [-0.25, -0.2) is 14.0 Å². The highest BCUT2D eigenvalue weighted by Crippen LogP contribution is 2.36. The fourth-order valence-corrected chi connectivity index (χ4v) is 4.25. The van der Waals surface area contributed by atoms with Crippen molar-refractivity contribution in [1.29, 1.82) is 0 Å². The van der Waals surface area contributed by atoms with Crippen molar-refractivity contribution < 1.29 is 23.5 Å². The number of nitrogens with two attached hydrogens (primary N) is 1. The zero-order valence-corrected chi connectivity index (χ0v) is 17.7. The quantitative estimate of drug-likeness (QED) is 0.462. The Hall–Kier alpha value is -3.18. The molecule has 1 aromatic heterocycles. The van der Waals surface area contributed by atoms with Crippen molar-refractivity contribution in [3.05, 3.63) is 35.6 Å². The molecule has 0 bridgehead atoms. The van der Waals surface area contributed by atoms with E-state index in [0.717, 1.165) is 30.7 Å². The van der Waals surface area contributed by atoms with Crippen LogP contribution in [0.3, 0.4) is 0 Å². The Labute approximate surface area is 182 Å². The number of piperidine rings is 1. The highest BCUT2D eigenvalue weighted by Gasteiger charge is 2.22. The van der Waals surface area contributed by atoms with Crippen LogP contribution in [0, 0.1) is 5.82 Å². The predicted octanol–water partition coefficient (Wildman–Crippen LogP) is 3.10. The summed E-state index contributed by atoms with van der Waals surface area (Å²) in [4.78, 5) is 36.3. The number of ether oxygens (including phenoxy) is 1. The Morgan fingerprint density at radius 1 is 1.29 bits per heavy atom. The minimum atomic E-state index is -0.804. The zero-order chi connectivity index (χ0) is 22.4. The van der Waals surface area contributed by atoms with Gasteiger partial charge < -0.3 is 21.1 Å². The molecule has 1 fully saturated rings. The highest BCUT2D eigenvalue weighted by molar-refractivity contribution is 7.20. The molecule has 31 heavy (non-hydrogen) atoms. The van der Waals surface area contributed by atoms with Gasteiger partial charge in [0, 0.05) is 17.5 Å². The smallest absolute Gasteiger partial charge is 0.411 e. The van der Waals surface area contributed by atoms with E-state index >= 15 is 0 Å². The fraction of sp³-hybridized carbons (Fsp3) is 0.350. The second-order valence-corrected chi connectivity index (χ2v) is 7.95. The molecule has 1 aliphatic heterocycles. The van der Waals surface area contributed by atoms with Crippen LogP contribution in [0.25, 0.3) is 10.4 Å². The van der Waals surface area contributed by atoms with Gasteiger partial charge in [-0.2, -0.15) is 0 Å². The number of carbonyl (C=O) groups excluding carboxylic acids is 3. The first-order valence-electron chi connectivity index (χ1n) is 9.83. The number of rotatable bonds is 6. The first kappa shape index (κ1) is 22.5. The zero-order valence-electron chi connectivity index (χ0n) is 16.9. The Kier molecular flexibility index (Phi) is 7.42. The van der Waals surface area contributed by atoms with E-state index < -0.39 is 17.9 Å². The third kappa shape index (κ3) is 5.92. The first-order valence-corrected chi connectivity index (χ1v) is 10.6. The van der Waals surface area contributed by atoms with E-state index in [9.17, 15) is 18.8 Å². The average Bonchev–Trinajstić information content (AvgIpc) is 3.13. The van der Waals surface area contributed by atoms with Gasteiger partial charge in [0.05, 0.1) is 17.9 Å². The molecule has 1 saturated heterocycles. The number of anilines is 2. The summed E-state index contributed by atoms with van der Waals surface area (Å²) in [5.41, 5.74) is 5.94. The van der Waals surface area contributed by atoms with Crippen molar-refractivity contribution in [1.82, 2.24) is 10.6 Å². The Morgan fingerprint density at radius 2 is 2.10 bits per heavy atom. The number of amides is 4. The molecule has 0 spiro atoms. The minimum Gasteiger partial charge on any atom is -0.450 e. The van der Waals surface area contributed by atoms with Gasteiger partial charge in [0.1, 0.15) is 10.8 Å². The fourth-order valence-electron chi connectivity index (χ4n) is 3.19. The van der Waals surface area contributed by atoms with Crippen molar-refractivity contribution in [2.24, 2.45) is 5.73 Å². The Bertz CT molecular complexity index is 974. The summed E-state index contributed by atoms with van der Waals surface area (Å²) >= 11 is 1.10. The number of primary amides is 1. The Balaban J connectivity index is 1.84. The van der Waals surface area contributed by atoms with Gasteiger partial charge in [0.2, 0.25) is 0 Å². The van der Waals surface area contributed by atoms with E-state index in [2.05, 4.69) is 21.3 Å². The number of thiophene rings is 1. The lowest BCUT2D eigenvalue weighted by Crippen LogP contribution is -2.45. The van der Waals surface area contributed by atoms with Gasteiger partial charge in [-0.3, -0.25) is 15.4 Å². The van der Waals surface area contributed by atoms with Crippen LogP contribution in [0.1, 0.15) is 30.1 Å². The van der Waals surface area contributed by atoms with Crippen LogP contribution in [0.5, 0.6) is 0 Å². The number of hydrogen-bond acceptors (Lipinski definition) is 6. The summed E-state index contributed by atoms with van der Waals surface area (Å²) in [6.45, 7) is 3.39. The number of carbonyl (C=O) groups is 3. The SMILES string of the molecule is CCOC(=O)Nc1ccc(-c2cc(C(=O)NC3CCCNC3)c(NC(N)=O)s2)cc1F. The predicted molar refractivity (Wildman–Crippen MR) is 117 cm³/mol. The molecule has 4 amide bonds. The number of urea groups is 1. The summed E-state index contributed by atoms with van der Waals surface area (Å²) in [7, 11) is 0. The van der Waals surface area contributed by atoms with E-state index in [1.165, 1.54) is 12.1 Å². The van der Waals surface area contributed by atoms with Crippen molar-refractivity contribution in [2.45, 2.75) is 25.8 Å². The molecule has 166 valence electrons.